The van der Waals surface area contributed by atoms with Crippen molar-refractivity contribution in [2.45, 2.75) is 83.9 Å². The minimum absolute atomic E-state index is 0.0238. The maximum absolute atomic E-state index is 15.1. The number of carbonyl (C=O) groups is 3. The Morgan fingerprint density at radius 1 is 1.22 bits per heavy atom. The number of hydrogen-bond donors (Lipinski definition) is 1. The maximum atomic E-state index is 15.1. The van der Waals surface area contributed by atoms with E-state index in [9.17, 15) is 14.4 Å². The Hall–Kier alpha value is -2.74. The van der Waals surface area contributed by atoms with Crippen molar-refractivity contribution in [2.24, 2.45) is 17.6 Å². The molecule has 0 spiro atoms. The lowest BCUT2D eigenvalue weighted by atomic mass is 9.86. The standard InChI is InChI=1S/C29H40FN3O4/c1-5-32-12-10-18(11-13-32)19-6-7-20(24(30)16-19)14-22(27(31)35)17-25(34)26-21-8-9-23(15-21)33(26)28(36)37-29(2,3)4/h6-7,10,16,21-23,26H,5,8-9,11-15,17H2,1-4H3,(H2,31,35)/t21-,22+,23+,26-/m0/s1. The summed E-state index contributed by atoms with van der Waals surface area (Å²) in [6, 6.07) is 4.45. The SMILES string of the molecule is CCN1CC=C(c2ccc(C[C@H](CC(=O)[C@@H]3[C@H]4CC[C@H](C4)N3C(=O)OC(C)(C)C)C(N)=O)c(F)c2)CC1. The van der Waals surface area contributed by atoms with Crippen molar-refractivity contribution in [3.63, 3.8) is 0 Å². The van der Waals surface area contributed by atoms with Crippen molar-refractivity contribution < 1.29 is 23.5 Å². The van der Waals surface area contributed by atoms with Gasteiger partial charge >= 0.3 is 6.09 Å². The number of ketones is 1. The largest absolute Gasteiger partial charge is 0.444 e. The number of Topliss-reactive ketones (excluding diaryl/α,β-unsaturated/α-hetero) is 1. The fraction of sp³-hybridized carbons (Fsp3) is 0.621. The summed E-state index contributed by atoms with van der Waals surface area (Å²) in [5.74, 6) is -2.03. The molecule has 0 aromatic heterocycles. The highest BCUT2D eigenvalue weighted by Crippen LogP contribution is 2.44. The second kappa shape index (κ2) is 10.9. The van der Waals surface area contributed by atoms with Crippen molar-refractivity contribution in [2.75, 3.05) is 19.6 Å². The highest BCUT2D eigenvalue weighted by molar-refractivity contribution is 5.92. The van der Waals surface area contributed by atoms with Crippen LogP contribution in [0.5, 0.6) is 0 Å². The van der Waals surface area contributed by atoms with E-state index in [1.54, 1.807) is 31.7 Å². The van der Waals surface area contributed by atoms with Crippen LogP contribution in [0, 0.1) is 17.7 Å². The molecule has 0 radical (unpaired) electrons. The number of likely N-dealkylation sites (N-methyl/N-ethyl adjacent to an activating group) is 1. The summed E-state index contributed by atoms with van der Waals surface area (Å²) in [4.78, 5) is 42.6. The number of carbonyl (C=O) groups excluding carboxylic acids is 3. The summed E-state index contributed by atoms with van der Waals surface area (Å²) >= 11 is 0. The summed E-state index contributed by atoms with van der Waals surface area (Å²) in [6.07, 6.45) is 4.90. The molecule has 4 rings (SSSR count). The van der Waals surface area contributed by atoms with E-state index in [4.69, 9.17) is 10.5 Å². The monoisotopic (exact) mass is 513 g/mol. The normalized spacial score (nSPS) is 24.6. The third-order valence-electron chi connectivity index (χ3n) is 8.00. The summed E-state index contributed by atoms with van der Waals surface area (Å²) in [5, 5.41) is 0. The van der Waals surface area contributed by atoms with E-state index < -0.39 is 35.4 Å². The third kappa shape index (κ3) is 6.22. The van der Waals surface area contributed by atoms with Gasteiger partial charge in [0.15, 0.2) is 5.78 Å². The number of fused-ring (bicyclic) bond motifs is 2. The Morgan fingerprint density at radius 2 is 1.97 bits per heavy atom. The van der Waals surface area contributed by atoms with Crippen LogP contribution in [0.2, 0.25) is 0 Å². The van der Waals surface area contributed by atoms with Crippen LogP contribution in [0.25, 0.3) is 5.57 Å². The highest BCUT2D eigenvalue weighted by Gasteiger charge is 2.52. The van der Waals surface area contributed by atoms with Gasteiger partial charge in [0.1, 0.15) is 11.4 Å². The Morgan fingerprint density at radius 3 is 2.57 bits per heavy atom. The molecule has 1 saturated heterocycles. The molecule has 2 heterocycles. The van der Waals surface area contributed by atoms with E-state index in [-0.39, 0.29) is 30.6 Å². The first-order chi connectivity index (χ1) is 17.5. The van der Waals surface area contributed by atoms with Gasteiger partial charge in [-0.2, -0.15) is 0 Å². The third-order valence-corrected chi connectivity index (χ3v) is 8.00. The van der Waals surface area contributed by atoms with Crippen molar-refractivity contribution in [3.8, 4) is 0 Å². The Balaban J connectivity index is 1.45. The number of likely N-dealkylation sites (tertiary alicyclic amines) is 1. The van der Waals surface area contributed by atoms with Crippen LogP contribution >= 0.6 is 0 Å². The summed E-state index contributed by atoms with van der Waals surface area (Å²) in [5.41, 5.74) is 7.34. The van der Waals surface area contributed by atoms with Gasteiger partial charge in [-0.15, -0.1) is 0 Å². The lowest BCUT2D eigenvalue weighted by molar-refractivity contribution is -0.131. The second-order valence-corrected chi connectivity index (χ2v) is 11.7. The topological polar surface area (TPSA) is 92.9 Å². The summed E-state index contributed by atoms with van der Waals surface area (Å²) < 4.78 is 20.7. The number of rotatable bonds is 8. The fourth-order valence-corrected chi connectivity index (χ4v) is 6.06. The van der Waals surface area contributed by atoms with Gasteiger partial charge in [0.05, 0.1) is 6.04 Å². The minimum Gasteiger partial charge on any atom is -0.444 e. The van der Waals surface area contributed by atoms with Crippen molar-refractivity contribution in [1.82, 2.24) is 9.80 Å². The van der Waals surface area contributed by atoms with Crippen LogP contribution in [0.1, 0.15) is 70.9 Å². The molecule has 1 aromatic carbocycles. The molecular formula is C29H40FN3O4. The summed E-state index contributed by atoms with van der Waals surface area (Å²) in [6.45, 7) is 10.3. The van der Waals surface area contributed by atoms with Gasteiger partial charge in [0, 0.05) is 31.5 Å². The second-order valence-electron chi connectivity index (χ2n) is 11.7. The van der Waals surface area contributed by atoms with Crippen LogP contribution in [-0.4, -0.2) is 64.9 Å². The number of halogens is 1. The van der Waals surface area contributed by atoms with E-state index in [0.717, 1.165) is 56.5 Å². The average molecular weight is 514 g/mol. The quantitative estimate of drug-likeness (QED) is 0.559. The number of piperidine rings is 1. The molecule has 3 aliphatic rings. The first-order valence-electron chi connectivity index (χ1n) is 13.5. The number of nitrogens with zero attached hydrogens (tertiary/aromatic N) is 2. The number of ether oxygens (including phenoxy) is 1. The van der Waals surface area contributed by atoms with E-state index in [1.807, 2.05) is 6.07 Å². The van der Waals surface area contributed by atoms with E-state index in [1.165, 1.54) is 6.07 Å². The van der Waals surface area contributed by atoms with Crippen molar-refractivity contribution in [1.29, 1.82) is 0 Å². The molecule has 2 N–H and O–H groups in total. The fourth-order valence-electron chi connectivity index (χ4n) is 6.06. The molecular weight excluding hydrogens is 473 g/mol. The van der Waals surface area contributed by atoms with E-state index in [2.05, 4.69) is 17.9 Å². The van der Waals surface area contributed by atoms with Crippen LogP contribution in [0.3, 0.4) is 0 Å². The molecule has 1 aliphatic carbocycles. The first kappa shape index (κ1) is 27.3. The number of hydrogen-bond acceptors (Lipinski definition) is 5. The van der Waals surface area contributed by atoms with Crippen molar-refractivity contribution in [3.05, 3.63) is 41.2 Å². The molecule has 0 unspecified atom stereocenters. The molecule has 1 saturated carbocycles. The molecule has 8 heteroatoms. The minimum atomic E-state index is -0.848. The van der Waals surface area contributed by atoms with Gasteiger partial charge in [-0.3, -0.25) is 19.4 Å². The van der Waals surface area contributed by atoms with Gasteiger partial charge < -0.3 is 10.5 Å². The number of nitrogens with two attached hydrogens (primary N) is 1. The zero-order valence-corrected chi connectivity index (χ0v) is 22.5. The molecule has 4 atom stereocenters. The van der Waals surface area contributed by atoms with Crippen LogP contribution in [-0.2, 0) is 20.7 Å². The molecule has 37 heavy (non-hydrogen) atoms. The Bertz CT molecular complexity index is 1080. The predicted molar refractivity (Wildman–Crippen MR) is 140 cm³/mol. The molecule has 2 amide bonds. The first-order valence-corrected chi connectivity index (χ1v) is 13.5. The lowest BCUT2D eigenvalue weighted by Crippen LogP contribution is -2.51. The predicted octanol–water partition coefficient (Wildman–Crippen LogP) is 4.33. The van der Waals surface area contributed by atoms with Crippen molar-refractivity contribution >= 4 is 23.4 Å². The van der Waals surface area contributed by atoms with Gasteiger partial charge in [0.2, 0.25) is 5.91 Å². The Labute approximate surface area is 219 Å². The van der Waals surface area contributed by atoms with Crippen LogP contribution < -0.4 is 5.73 Å². The molecule has 202 valence electrons. The van der Waals surface area contributed by atoms with Crippen LogP contribution in [0.4, 0.5) is 9.18 Å². The lowest BCUT2D eigenvalue weighted by Gasteiger charge is -2.36. The number of benzene rings is 1. The highest BCUT2D eigenvalue weighted by atomic mass is 19.1. The van der Waals surface area contributed by atoms with Gasteiger partial charge in [0.25, 0.3) is 0 Å². The Kier molecular flexibility index (Phi) is 8.07. The zero-order valence-electron chi connectivity index (χ0n) is 22.5. The molecule has 2 bridgehead atoms. The van der Waals surface area contributed by atoms with Gasteiger partial charge in [-0.25, -0.2) is 9.18 Å². The van der Waals surface area contributed by atoms with Crippen LogP contribution in [0.15, 0.2) is 24.3 Å². The number of primary amides is 1. The molecule has 2 fully saturated rings. The number of amides is 2. The van der Waals surface area contributed by atoms with Gasteiger partial charge in [-0.05, 0) is 88.1 Å². The van der Waals surface area contributed by atoms with Gasteiger partial charge in [-0.1, -0.05) is 25.1 Å². The van der Waals surface area contributed by atoms with E-state index in [0.29, 0.717) is 5.56 Å². The molecule has 2 aliphatic heterocycles. The molecule has 1 aromatic rings. The smallest absolute Gasteiger partial charge is 0.411 e. The zero-order chi connectivity index (χ0) is 26.9. The maximum Gasteiger partial charge on any atom is 0.411 e. The average Bonchev–Trinajstić information content (AvgIpc) is 3.45. The summed E-state index contributed by atoms with van der Waals surface area (Å²) in [7, 11) is 0. The van der Waals surface area contributed by atoms with E-state index >= 15 is 4.39 Å². The molecule has 7 nitrogen and oxygen atoms in total.